The lowest BCUT2D eigenvalue weighted by Crippen LogP contribution is -2.46. The largest absolute Gasteiger partial charge is 0.480 e. The van der Waals surface area contributed by atoms with Crippen LogP contribution in [0.15, 0.2) is 54.6 Å². The number of carbonyl (C=O) groups is 2. The fourth-order valence-corrected chi connectivity index (χ4v) is 3.53. The van der Waals surface area contributed by atoms with Crippen LogP contribution in [0.2, 0.25) is 5.02 Å². The van der Waals surface area contributed by atoms with Crippen LogP contribution in [0.5, 0.6) is 0 Å². The number of hydrogen-bond donors (Lipinski definition) is 1. The second-order valence-corrected chi connectivity index (χ2v) is 6.73. The number of aliphatic carboxylic acids is 1. The average Bonchev–Trinajstić information content (AvgIpc) is 2.63. The maximum atomic E-state index is 12.7. The van der Waals surface area contributed by atoms with Crippen LogP contribution in [-0.4, -0.2) is 34.6 Å². The Morgan fingerprint density at radius 1 is 1.19 bits per heavy atom. The number of halogens is 1. The molecule has 5 nitrogen and oxygen atoms in total. The summed E-state index contributed by atoms with van der Waals surface area (Å²) >= 11 is 6.15. The van der Waals surface area contributed by atoms with Gasteiger partial charge in [-0.15, -0.1) is 0 Å². The Kier molecular flexibility index (Phi) is 5.91. The quantitative estimate of drug-likeness (QED) is 0.838. The summed E-state index contributed by atoms with van der Waals surface area (Å²) in [5.41, 5.74) is 1.85. The first-order valence-electron chi connectivity index (χ1n) is 8.47. The molecule has 0 saturated carbocycles. The van der Waals surface area contributed by atoms with Gasteiger partial charge in [-0.05, 0) is 29.7 Å². The average molecular weight is 374 g/mol. The van der Waals surface area contributed by atoms with E-state index < -0.39 is 18.7 Å². The van der Waals surface area contributed by atoms with Crippen LogP contribution in [0.4, 0.5) is 0 Å². The van der Waals surface area contributed by atoms with E-state index in [0.29, 0.717) is 24.4 Å². The number of carboxylic acids is 1. The highest BCUT2D eigenvalue weighted by atomic mass is 35.5. The first-order chi connectivity index (χ1) is 12.5. The van der Waals surface area contributed by atoms with Gasteiger partial charge in [-0.3, -0.25) is 4.79 Å². The standard InChI is InChI=1S/C20H20ClNO4/c21-16-8-4-7-15(11-16)20-17(26-13-19(24)25)9-10-18(23)22(20)12-14-5-2-1-3-6-14/h1-8,11,17,20H,9-10,12-13H2,(H,24,25)/t17-,20+/m0/s1. The van der Waals surface area contributed by atoms with Gasteiger partial charge in [0, 0.05) is 18.0 Å². The predicted octanol–water partition coefficient (Wildman–Crippen LogP) is 3.67. The monoisotopic (exact) mass is 373 g/mol. The molecule has 1 saturated heterocycles. The summed E-state index contributed by atoms with van der Waals surface area (Å²) < 4.78 is 5.63. The molecule has 1 fully saturated rings. The van der Waals surface area contributed by atoms with E-state index in [1.165, 1.54) is 0 Å². The van der Waals surface area contributed by atoms with Crippen molar-refractivity contribution in [3.8, 4) is 0 Å². The predicted molar refractivity (Wildman–Crippen MR) is 97.8 cm³/mol. The molecule has 136 valence electrons. The van der Waals surface area contributed by atoms with Gasteiger partial charge in [-0.25, -0.2) is 4.79 Å². The summed E-state index contributed by atoms with van der Waals surface area (Å²) in [5, 5.41) is 9.54. The Hall–Kier alpha value is -2.37. The summed E-state index contributed by atoms with van der Waals surface area (Å²) in [6.07, 6.45) is 0.411. The molecule has 0 radical (unpaired) electrons. The van der Waals surface area contributed by atoms with E-state index in [1.807, 2.05) is 42.5 Å². The fourth-order valence-electron chi connectivity index (χ4n) is 3.33. The molecular weight excluding hydrogens is 354 g/mol. The molecule has 6 heteroatoms. The minimum atomic E-state index is -1.03. The number of amides is 1. The highest BCUT2D eigenvalue weighted by Gasteiger charge is 2.37. The summed E-state index contributed by atoms with van der Waals surface area (Å²) in [6, 6.07) is 16.6. The van der Waals surface area contributed by atoms with Crippen molar-refractivity contribution in [2.24, 2.45) is 0 Å². The number of nitrogens with zero attached hydrogens (tertiary/aromatic N) is 1. The summed E-state index contributed by atoms with van der Waals surface area (Å²) in [6.45, 7) is 0.0406. The molecule has 1 heterocycles. The Morgan fingerprint density at radius 3 is 2.65 bits per heavy atom. The second kappa shape index (κ2) is 8.34. The molecule has 1 aliphatic rings. The van der Waals surface area contributed by atoms with Crippen LogP contribution < -0.4 is 0 Å². The number of carboxylic acid groups (broad SMARTS) is 1. The number of piperidine rings is 1. The molecule has 0 aromatic heterocycles. The third kappa shape index (κ3) is 4.42. The highest BCUT2D eigenvalue weighted by Crippen LogP contribution is 2.36. The molecule has 0 unspecified atom stereocenters. The van der Waals surface area contributed by atoms with Gasteiger partial charge in [0.2, 0.25) is 5.91 Å². The number of benzene rings is 2. The Labute approximate surface area is 157 Å². The maximum Gasteiger partial charge on any atom is 0.329 e. The first kappa shape index (κ1) is 18.4. The lowest BCUT2D eigenvalue weighted by molar-refractivity contribution is -0.154. The molecule has 26 heavy (non-hydrogen) atoms. The van der Waals surface area contributed by atoms with Crippen molar-refractivity contribution in [1.82, 2.24) is 4.90 Å². The molecule has 0 spiro atoms. The first-order valence-corrected chi connectivity index (χ1v) is 8.84. The molecule has 2 atom stereocenters. The van der Waals surface area contributed by atoms with E-state index in [1.54, 1.807) is 17.0 Å². The van der Waals surface area contributed by atoms with Crippen molar-refractivity contribution in [3.63, 3.8) is 0 Å². The zero-order valence-electron chi connectivity index (χ0n) is 14.2. The van der Waals surface area contributed by atoms with Crippen molar-refractivity contribution in [2.75, 3.05) is 6.61 Å². The molecule has 1 amide bonds. The molecular formula is C20H20ClNO4. The van der Waals surface area contributed by atoms with Gasteiger partial charge in [0.15, 0.2) is 0 Å². The zero-order chi connectivity index (χ0) is 18.5. The molecule has 0 aliphatic carbocycles. The fraction of sp³-hybridized carbons (Fsp3) is 0.300. The van der Waals surface area contributed by atoms with E-state index in [4.69, 9.17) is 21.4 Å². The Bertz CT molecular complexity index is 780. The molecule has 2 aromatic rings. The van der Waals surface area contributed by atoms with Crippen molar-refractivity contribution in [2.45, 2.75) is 31.5 Å². The van der Waals surface area contributed by atoms with Crippen molar-refractivity contribution in [1.29, 1.82) is 0 Å². The van der Waals surface area contributed by atoms with Gasteiger partial charge in [0.25, 0.3) is 0 Å². The maximum absolute atomic E-state index is 12.7. The van der Waals surface area contributed by atoms with Crippen LogP contribution in [0.3, 0.4) is 0 Å². The summed E-state index contributed by atoms with van der Waals surface area (Å²) in [4.78, 5) is 25.4. The van der Waals surface area contributed by atoms with E-state index in [-0.39, 0.29) is 11.9 Å². The third-order valence-corrected chi connectivity index (χ3v) is 4.69. The topological polar surface area (TPSA) is 66.8 Å². The van der Waals surface area contributed by atoms with Gasteiger partial charge in [-0.2, -0.15) is 0 Å². The van der Waals surface area contributed by atoms with Crippen LogP contribution in [0.25, 0.3) is 0 Å². The molecule has 3 rings (SSSR count). The van der Waals surface area contributed by atoms with Crippen LogP contribution >= 0.6 is 11.6 Å². The minimum absolute atomic E-state index is 0.0222. The number of carbonyl (C=O) groups excluding carboxylic acids is 1. The number of rotatable bonds is 6. The lowest BCUT2D eigenvalue weighted by atomic mass is 9.91. The third-order valence-electron chi connectivity index (χ3n) is 4.46. The van der Waals surface area contributed by atoms with Gasteiger partial charge in [0.1, 0.15) is 6.61 Å². The number of hydrogen-bond acceptors (Lipinski definition) is 3. The van der Waals surface area contributed by atoms with Crippen molar-refractivity contribution in [3.05, 3.63) is 70.7 Å². The van der Waals surface area contributed by atoms with E-state index in [0.717, 1.165) is 11.1 Å². The molecule has 1 N–H and O–H groups in total. The van der Waals surface area contributed by atoms with Crippen molar-refractivity contribution >= 4 is 23.5 Å². The SMILES string of the molecule is O=C(O)CO[C@H]1CCC(=O)N(Cc2ccccc2)[C@@H]1c1cccc(Cl)c1. The number of likely N-dealkylation sites (tertiary alicyclic amines) is 1. The van der Waals surface area contributed by atoms with Crippen LogP contribution in [-0.2, 0) is 20.9 Å². The molecule has 0 bridgehead atoms. The second-order valence-electron chi connectivity index (χ2n) is 6.29. The van der Waals surface area contributed by atoms with Gasteiger partial charge < -0.3 is 14.7 Å². The minimum Gasteiger partial charge on any atom is -0.480 e. The summed E-state index contributed by atoms with van der Waals surface area (Å²) in [7, 11) is 0. The van der Waals surface area contributed by atoms with Crippen molar-refractivity contribution < 1.29 is 19.4 Å². The van der Waals surface area contributed by atoms with Gasteiger partial charge >= 0.3 is 5.97 Å². The van der Waals surface area contributed by atoms with E-state index >= 15 is 0 Å². The normalized spacial score (nSPS) is 20.2. The van der Waals surface area contributed by atoms with Crippen LogP contribution in [0.1, 0.15) is 30.0 Å². The molecule has 2 aromatic carbocycles. The number of ether oxygens (including phenoxy) is 1. The van der Waals surface area contributed by atoms with Crippen LogP contribution in [0, 0.1) is 0 Å². The zero-order valence-corrected chi connectivity index (χ0v) is 14.9. The smallest absolute Gasteiger partial charge is 0.329 e. The lowest BCUT2D eigenvalue weighted by Gasteiger charge is -2.41. The van der Waals surface area contributed by atoms with Gasteiger partial charge in [0.05, 0.1) is 12.1 Å². The van der Waals surface area contributed by atoms with E-state index in [9.17, 15) is 9.59 Å². The van der Waals surface area contributed by atoms with Gasteiger partial charge in [-0.1, -0.05) is 54.1 Å². The Morgan fingerprint density at radius 2 is 1.96 bits per heavy atom. The molecule has 1 aliphatic heterocycles. The van der Waals surface area contributed by atoms with E-state index in [2.05, 4.69) is 0 Å². The summed E-state index contributed by atoms with van der Waals surface area (Å²) in [5.74, 6) is -1.00. The Balaban J connectivity index is 1.93. The highest BCUT2D eigenvalue weighted by molar-refractivity contribution is 6.30.